The Labute approximate surface area is 163 Å². The molecule has 0 aliphatic rings. The Bertz CT molecular complexity index is 1020. The van der Waals surface area contributed by atoms with Crippen LogP contribution in [0.3, 0.4) is 0 Å². The predicted octanol–water partition coefficient (Wildman–Crippen LogP) is 3.34. The van der Waals surface area contributed by atoms with Gasteiger partial charge in [0.25, 0.3) is 0 Å². The van der Waals surface area contributed by atoms with Crippen LogP contribution in [0.4, 0.5) is 0 Å². The minimum absolute atomic E-state index is 0.201. The molecule has 3 aromatic rings. The number of para-hydroxylation sites is 1. The maximum absolute atomic E-state index is 12.1. The summed E-state index contributed by atoms with van der Waals surface area (Å²) in [5.74, 6) is 0.176. The third-order valence-electron chi connectivity index (χ3n) is 4.46. The zero-order chi connectivity index (χ0) is 19.9. The number of fused-ring (bicyclic) bond motifs is 1. The molecule has 6 heteroatoms. The Morgan fingerprint density at radius 2 is 1.93 bits per heavy atom. The van der Waals surface area contributed by atoms with Crippen molar-refractivity contribution in [2.24, 2.45) is 0 Å². The predicted molar refractivity (Wildman–Crippen MR) is 108 cm³/mol. The number of amides is 1. The van der Waals surface area contributed by atoms with Crippen LogP contribution in [0, 0.1) is 0 Å². The van der Waals surface area contributed by atoms with Crippen molar-refractivity contribution in [3.05, 3.63) is 71.4 Å². The molecule has 28 heavy (non-hydrogen) atoms. The number of aromatic amines is 1. The van der Waals surface area contributed by atoms with E-state index in [-0.39, 0.29) is 11.9 Å². The van der Waals surface area contributed by atoms with Crippen LogP contribution in [-0.2, 0) is 16.0 Å². The van der Waals surface area contributed by atoms with Crippen molar-refractivity contribution in [1.29, 1.82) is 0 Å². The number of ether oxygens (including phenoxy) is 2. The average Bonchev–Trinajstić information content (AvgIpc) is 3.15. The molecule has 3 rings (SSSR count). The van der Waals surface area contributed by atoms with Crippen LogP contribution in [0.15, 0.2) is 54.7 Å². The second kappa shape index (κ2) is 8.90. The monoisotopic (exact) mass is 378 g/mol. The molecule has 0 radical (unpaired) electrons. The van der Waals surface area contributed by atoms with Crippen LogP contribution in [0.2, 0.25) is 0 Å². The summed E-state index contributed by atoms with van der Waals surface area (Å²) < 4.78 is 10.1. The SMILES string of the molecule is COC(=O)c1ccccc1CCNC(=O)/C=C/c1c[nH]c2c(OC)cccc12. The first-order valence-electron chi connectivity index (χ1n) is 8.90. The lowest BCUT2D eigenvalue weighted by molar-refractivity contribution is -0.116. The van der Waals surface area contributed by atoms with Gasteiger partial charge in [0.05, 0.1) is 25.3 Å². The average molecular weight is 378 g/mol. The molecule has 0 saturated carbocycles. The summed E-state index contributed by atoms with van der Waals surface area (Å²) in [4.78, 5) is 27.1. The summed E-state index contributed by atoms with van der Waals surface area (Å²) in [5, 5.41) is 3.82. The summed E-state index contributed by atoms with van der Waals surface area (Å²) >= 11 is 0. The van der Waals surface area contributed by atoms with Gasteiger partial charge in [-0.3, -0.25) is 4.79 Å². The molecule has 2 aromatic carbocycles. The van der Waals surface area contributed by atoms with E-state index in [4.69, 9.17) is 9.47 Å². The number of esters is 1. The van der Waals surface area contributed by atoms with Gasteiger partial charge in [-0.2, -0.15) is 0 Å². The Hall–Kier alpha value is -3.54. The number of methoxy groups -OCH3 is 2. The maximum atomic E-state index is 12.1. The number of carbonyl (C=O) groups is 2. The Morgan fingerprint density at radius 1 is 1.11 bits per heavy atom. The van der Waals surface area contributed by atoms with Crippen molar-refractivity contribution in [2.75, 3.05) is 20.8 Å². The number of nitrogens with one attached hydrogen (secondary N) is 2. The lowest BCUT2D eigenvalue weighted by Gasteiger charge is -2.08. The third-order valence-corrected chi connectivity index (χ3v) is 4.46. The largest absolute Gasteiger partial charge is 0.495 e. The zero-order valence-corrected chi connectivity index (χ0v) is 15.8. The standard InChI is InChI=1S/C22H22N2O4/c1-27-19-9-5-8-17-16(14-24-21(17)19)10-11-20(25)23-13-12-15-6-3-4-7-18(15)22(26)28-2/h3-11,14,24H,12-13H2,1-2H3,(H,23,25)/b11-10+. The Kier molecular flexibility index (Phi) is 6.11. The molecular formula is C22H22N2O4. The van der Waals surface area contributed by atoms with Gasteiger partial charge in [0.15, 0.2) is 0 Å². The fraction of sp³-hybridized carbons (Fsp3) is 0.182. The van der Waals surface area contributed by atoms with E-state index in [1.54, 1.807) is 25.3 Å². The first kappa shape index (κ1) is 19.2. The number of aromatic nitrogens is 1. The second-order valence-corrected chi connectivity index (χ2v) is 6.15. The molecule has 0 aliphatic heterocycles. The quantitative estimate of drug-likeness (QED) is 0.488. The van der Waals surface area contributed by atoms with Crippen molar-refractivity contribution in [1.82, 2.24) is 10.3 Å². The molecular weight excluding hydrogens is 356 g/mol. The molecule has 0 aliphatic carbocycles. The van der Waals surface area contributed by atoms with Crippen molar-refractivity contribution >= 4 is 28.9 Å². The molecule has 6 nitrogen and oxygen atoms in total. The van der Waals surface area contributed by atoms with E-state index in [2.05, 4.69) is 10.3 Å². The van der Waals surface area contributed by atoms with Gasteiger partial charge in [0, 0.05) is 29.8 Å². The molecule has 0 saturated heterocycles. The van der Waals surface area contributed by atoms with Crippen LogP contribution in [-0.4, -0.2) is 37.6 Å². The van der Waals surface area contributed by atoms with Crippen molar-refractivity contribution < 1.29 is 19.1 Å². The molecule has 0 bridgehead atoms. The van der Waals surface area contributed by atoms with E-state index in [1.165, 1.54) is 13.2 Å². The molecule has 0 atom stereocenters. The molecule has 2 N–H and O–H groups in total. The van der Waals surface area contributed by atoms with Crippen LogP contribution in [0.1, 0.15) is 21.5 Å². The molecule has 0 spiro atoms. The highest BCUT2D eigenvalue weighted by atomic mass is 16.5. The van der Waals surface area contributed by atoms with Gasteiger partial charge >= 0.3 is 5.97 Å². The van der Waals surface area contributed by atoms with E-state index >= 15 is 0 Å². The van der Waals surface area contributed by atoms with Gasteiger partial charge in [-0.15, -0.1) is 0 Å². The number of hydrogen-bond donors (Lipinski definition) is 2. The molecule has 144 valence electrons. The van der Waals surface area contributed by atoms with Gasteiger partial charge in [-0.25, -0.2) is 4.79 Å². The van der Waals surface area contributed by atoms with Crippen LogP contribution in [0.5, 0.6) is 5.75 Å². The summed E-state index contributed by atoms with van der Waals surface area (Å²) in [7, 11) is 2.98. The molecule has 0 unspecified atom stereocenters. The topological polar surface area (TPSA) is 80.4 Å². The second-order valence-electron chi connectivity index (χ2n) is 6.15. The Morgan fingerprint density at radius 3 is 2.71 bits per heavy atom. The number of rotatable bonds is 7. The lowest BCUT2D eigenvalue weighted by Crippen LogP contribution is -2.24. The highest BCUT2D eigenvalue weighted by Crippen LogP contribution is 2.27. The van der Waals surface area contributed by atoms with Gasteiger partial charge in [0.1, 0.15) is 5.75 Å². The van der Waals surface area contributed by atoms with E-state index in [1.807, 2.05) is 36.5 Å². The molecule has 1 heterocycles. The smallest absolute Gasteiger partial charge is 0.338 e. The number of benzene rings is 2. The highest BCUT2D eigenvalue weighted by Gasteiger charge is 2.10. The minimum atomic E-state index is -0.378. The number of carbonyl (C=O) groups excluding carboxylic acids is 2. The summed E-state index contributed by atoms with van der Waals surface area (Å²) in [6.07, 6.45) is 5.63. The van der Waals surface area contributed by atoms with E-state index in [9.17, 15) is 9.59 Å². The summed E-state index contributed by atoms with van der Waals surface area (Å²) in [6.45, 7) is 0.416. The number of H-pyrrole nitrogens is 1. The maximum Gasteiger partial charge on any atom is 0.338 e. The van der Waals surface area contributed by atoms with Crippen molar-refractivity contribution in [3.63, 3.8) is 0 Å². The normalized spacial score (nSPS) is 10.9. The molecule has 1 aromatic heterocycles. The van der Waals surface area contributed by atoms with Gasteiger partial charge in [-0.1, -0.05) is 30.3 Å². The highest BCUT2D eigenvalue weighted by molar-refractivity contribution is 5.97. The first-order valence-corrected chi connectivity index (χ1v) is 8.90. The lowest BCUT2D eigenvalue weighted by atomic mass is 10.0. The van der Waals surface area contributed by atoms with E-state index in [0.29, 0.717) is 18.5 Å². The van der Waals surface area contributed by atoms with E-state index < -0.39 is 0 Å². The fourth-order valence-electron chi connectivity index (χ4n) is 3.05. The summed E-state index contributed by atoms with van der Waals surface area (Å²) in [5.41, 5.74) is 3.15. The third kappa shape index (κ3) is 4.23. The Balaban J connectivity index is 1.61. The van der Waals surface area contributed by atoms with Gasteiger partial charge < -0.3 is 19.8 Å². The number of hydrogen-bond acceptors (Lipinski definition) is 4. The van der Waals surface area contributed by atoms with Crippen LogP contribution in [0.25, 0.3) is 17.0 Å². The van der Waals surface area contributed by atoms with Crippen LogP contribution < -0.4 is 10.1 Å². The summed E-state index contributed by atoms with van der Waals surface area (Å²) in [6, 6.07) is 13.0. The van der Waals surface area contributed by atoms with Crippen molar-refractivity contribution in [3.8, 4) is 5.75 Å². The van der Waals surface area contributed by atoms with Gasteiger partial charge in [0.2, 0.25) is 5.91 Å². The zero-order valence-electron chi connectivity index (χ0n) is 15.8. The molecule has 0 fully saturated rings. The van der Waals surface area contributed by atoms with E-state index in [0.717, 1.165) is 27.8 Å². The molecule has 1 amide bonds. The van der Waals surface area contributed by atoms with Gasteiger partial charge in [-0.05, 0) is 30.2 Å². The first-order chi connectivity index (χ1) is 13.6. The van der Waals surface area contributed by atoms with Crippen molar-refractivity contribution in [2.45, 2.75) is 6.42 Å². The van der Waals surface area contributed by atoms with Crippen LogP contribution >= 0.6 is 0 Å². The fourth-order valence-corrected chi connectivity index (χ4v) is 3.05. The minimum Gasteiger partial charge on any atom is -0.495 e.